The van der Waals surface area contributed by atoms with E-state index in [9.17, 15) is 0 Å². The smallest absolute Gasteiger partial charge is 0.0683 e. The molecular weight excluding hydrogens is 248 g/mol. The summed E-state index contributed by atoms with van der Waals surface area (Å²) in [4.78, 5) is 2.19. The van der Waals surface area contributed by atoms with Crippen molar-refractivity contribution in [2.75, 3.05) is 27.2 Å². The van der Waals surface area contributed by atoms with Crippen LogP contribution in [0.2, 0.25) is 0 Å². The van der Waals surface area contributed by atoms with Gasteiger partial charge in [0, 0.05) is 18.0 Å². The van der Waals surface area contributed by atoms with Gasteiger partial charge >= 0.3 is 0 Å². The number of fused-ring (bicyclic) bond motifs is 1. The molecule has 1 aliphatic heterocycles. The lowest BCUT2D eigenvalue weighted by Crippen LogP contribution is -2.26. The van der Waals surface area contributed by atoms with Crippen molar-refractivity contribution in [1.82, 2.24) is 20.0 Å². The lowest BCUT2D eigenvalue weighted by atomic mass is 9.97. The van der Waals surface area contributed by atoms with E-state index in [0.29, 0.717) is 6.04 Å². The van der Waals surface area contributed by atoms with Crippen LogP contribution in [0.5, 0.6) is 0 Å². The van der Waals surface area contributed by atoms with Gasteiger partial charge in [0.05, 0.1) is 18.3 Å². The third kappa shape index (κ3) is 2.86. The van der Waals surface area contributed by atoms with E-state index in [0.717, 1.165) is 19.6 Å². The molecule has 3 rings (SSSR count). The van der Waals surface area contributed by atoms with Gasteiger partial charge in [-0.05, 0) is 51.2 Å². The molecule has 1 N–H and O–H groups in total. The number of piperidine rings is 1. The van der Waals surface area contributed by atoms with Crippen LogP contribution in [0.15, 0.2) is 24.4 Å². The van der Waals surface area contributed by atoms with E-state index in [1.165, 1.54) is 35.7 Å². The van der Waals surface area contributed by atoms with E-state index >= 15 is 0 Å². The van der Waals surface area contributed by atoms with Crippen molar-refractivity contribution in [3.63, 3.8) is 0 Å². The second-order valence-electron chi connectivity index (χ2n) is 5.99. The fourth-order valence-electron chi connectivity index (χ4n) is 2.93. The number of hydrogen-bond acceptors (Lipinski definition) is 3. The van der Waals surface area contributed by atoms with Gasteiger partial charge in [-0.3, -0.25) is 4.68 Å². The fourth-order valence-corrected chi connectivity index (χ4v) is 2.93. The highest BCUT2D eigenvalue weighted by Crippen LogP contribution is 2.26. The first-order valence-corrected chi connectivity index (χ1v) is 7.57. The Morgan fingerprint density at radius 3 is 3.00 bits per heavy atom. The van der Waals surface area contributed by atoms with Crippen LogP contribution in [0, 0.1) is 0 Å². The predicted molar refractivity (Wildman–Crippen MR) is 82.9 cm³/mol. The highest BCUT2D eigenvalue weighted by atomic mass is 15.3. The molecule has 1 aromatic heterocycles. The minimum atomic E-state index is 0.526. The molecule has 0 bridgehead atoms. The van der Waals surface area contributed by atoms with Gasteiger partial charge < -0.3 is 10.2 Å². The van der Waals surface area contributed by atoms with Crippen LogP contribution < -0.4 is 5.32 Å². The molecule has 0 radical (unpaired) electrons. The fraction of sp³-hybridized carbons (Fsp3) is 0.562. The van der Waals surface area contributed by atoms with Gasteiger partial charge in [-0.25, -0.2) is 0 Å². The number of nitrogens with one attached hydrogen (secondary N) is 1. The van der Waals surface area contributed by atoms with Gasteiger partial charge in [-0.15, -0.1) is 0 Å². The van der Waals surface area contributed by atoms with Crippen molar-refractivity contribution in [2.24, 2.45) is 0 Å². The van der Waals surface area contributed by atoms with Crippen LogP contribution in [-0.4, -0.2) is 41.9 Å². The molecule has 0 saturated carbocycles. The zero-order chi connectivity index (χ0) is 13.9. The summed E-state index contributed by atoms with van der Waals surface area (Å²) in [5.41, 5.74) is 2.65. The topological polar surface area (TPSA) is 33.1 Å². The SMILES string of the molecule is CN(C)CCn1ncc2cc([C@@H]3CCCCN3)ccc21. The lowest BCUT2D eigenvalue weighted by molar-refractivity contribution is 0.377. The molecule has 2 heterocycles. The molecule has 1 atom stereocenters. The average Bonchev–Trinajstić information content (AvgIpc) is 2.88. The first-order valence-electron chi connectivity index (χ1n) is 7.57. The Kier molecular flexibility index (Phi) is 4.03. The standard InChI is InChI=1S/C16H24N4/c1-19(2)9-10-20-16-7-6-13(11-14(16)12-18-20)15-5-3-4-8-17-15/h6-7,11-12,15,17H,3-5,8-10H2,1-2H3/t15-/m0/s1. The Bertz CT molecular complexity index is 567. The Labute approximate surface area is 120 Å². The molecule has 0 spiro atoms. The van der Waals surface area contributed by atoms with Gasteiger partial charge in [0.15, 0.2) is 0 Å². The monoisotopic (exact) mass is 272 g/mol. The molecule has 4 nitrogen and oxygen atoms in total. The molecule has 1 fully saturated rings. The van der Waals surface area contributed by atoms with Crippen LogP contribution in [0.4, 0.5) is 0 Å². The zero-order valence-electron chi connectivity index (χ0n) is 12.5. The second kappa shape index (κ2) is 5.94. The highest BCUT2D eigenvalue weighted by Gasteiger charge is 2.15. The predicted octanol–water partition coefficient (Wildman–Crippen LogP) is 2.41. The van der Waals surface area contributed by atoms with Crippen LogP contribution >= 0.6 is 0 Å². The van der Waals surface area contributed by atoms with Crippen molar-refractivity contribution < 1.29 is 0 Å². The van der Waals surface area contributed by atoms with Gasteiger partial charge in [-0.2, -0.15) is 5.10 Å². The van der Waals surface area contributed by atoms with Crippen LogP contribution in [0.3, 0.4) is 0 Å². The van der Waals surface area contributed by atoms with Crippen LogP contribution in [-0.2, 0) is 6.54 Å². The summed E-state index contributed by atoms with van der Waals surface area (Å²) in [6.45, 7) is 3.10. The van der Waals surface area contributed by atoms with E-state index < -0.39 is 0 Å². The molecule has 20 heavy (non-hydrogen) atoms. The van der Waals surface area contributed by atoms with Gasteiger partial charge in [0.2, 0.25) is 0 Å². The molecule has 1 saturated heterocycles. The Hall–Kier alpha value is -1.39. The Morgan fingerprint density at radius 2 is 2.25 bits per heavy atom. The molecule has 1 aliphatic rings. The minimum Gasteiger partial charge on any atom is -0.310 e. The largest absolute Gasteiger partial charge is 0.310 e. The van der Waals surface area contributed by atoms with Crippen LogP contribution in [0.25, 0.3) is 10.9 Å². The highest BCUT2D eigenvalue weighted by molar-refractivity contribution is 5.79. The first-order chi connectivity index (χ1) is 9.74. The summed E-state index contributed by atoms with van der Waals surface area (Å²) in [5, 5.41) is 9.39. The molecule has 0 aliphatic carbocycles. The van der Waals surface area contributed by atoms with Gasteiger partial charge in [-0.1, -0.05) is 12.5 Å². The Morgan fingerprint density at radius 1 is 1.35 bits per heavy atom. The summed E-state index contributed by atoms with van der Waals surface area (Å²) in [6, 6.07) is 7.32. The minimum absolute atomic E-state index is 0.526. The number of aromatic nitrogens is 2. The molecule has 1 aromatic carbocycles. The number of hydrogen-bond donors (Lipinski definition) is 1. The molecule has 0 unspecified atom stereocenters. The number of benzene rings is 1. The quantitative estimate of drug-likeness (QED) is 0.928. The summed E-state index contributed by atoms with van der Waals surface area (Å²) in [5.74, 6) is 0. The molecule has 108 valence electrons. The molecule has 2 aromatic rings. The summed E-state index contributed by atoms with van der Waals surface area (Å²) >= 11 is 0. The normalized spacial score (nSPS) is 19.9. The van der Waals surface area contributed by atoms with Crippen molar-refractivity contribution in [3.8, 4) is 0 Å². The maximum Gasteiger partial charge on any atom is 0.0683 e. The van der Waals surface area contributed by atoms with E-state index in [1.807, 2.05) is 6.20 Å². The van der Waals surface area contributed by atoms with Crippen molar-refractivity contribution in [2.45, 2.75) is 31.8 Å². The summed E-state index contributed by atoms with van der Waals surface area (Å²) < 4.78 is 2.10. The van der Waals surface area contributed by atoms with E-state index in [2.05, 4.69) is 52.3 Å². The number of likely N-dealkylation sites (N-methyl/N-ethyl adjacent to an activating group) is 1. The second-order valence-corrected chi connectivity index (χ2v) is 5.99. The van der Waals surface area contributed by atoms with Crippen molar-refractivity contribution >= 4 is 10.9 Å². The average molecular weight is 272 g/mol. The summed E-state index contributed by atoms with van der Waals surface area (Å²) in [6.07, 6.45) is 5.89. The van der Waals surface area contributed by atoms with Crippen molar-refractivity contribution in [3.05, 3.63) is 30.0 Å². The van der Waals surface area contributed by atoms with E-state index in [1.54, 1.807) is 0 Å². The number of rotatable bonds is 4. The molecular formula is C16H24N4. The van der Waals surface area contributed by atoms with Gasteiger partial charge in [0.25, 0.3) is 0 Å². The van der Waals surface area contributed by atoms with Crippen molar-refractivity contribution in [1.29, 1.82) is 0 Å². The third-order valence-corrected chi connectivity index (χ3v) is 4.14. The maximum atomic E-state index is 4.52. The summed E-state index contributed by atoms with van der Waals surface area (Å²) in [7, 11) is 4.19. The number of nitrogens with zero attached hydrogens (tertiary/aromatic N) is 3. The lowest BCUT2D eigenvalue weighted by Gasteiger charge is -2.23. The third-order valence-electron chi connectivity index (χ3n) is 4.14. The first kappa shape index (κ1) is 13.6. The Balaban J connectivity index is 1.81. The zero-order valence-corrected chi connectivity index (χ0v) is 12.5. The van der Waals surface area contributed by atoms with E-state index in [-0.39, 0.29) is 0 Å². The van der Waals surface area contributed by atoms with Crippen LogP contribution in [0.1, 0.15) is 30.9 Å². The van der Waals surface area contributed by atoms with E-state index in [4.69, 9.17) is 0 Å². The van der Waals surface area contributed by atoms with Gasteiger partial charge in [0.1, 0.15) is 0 Å². The maximum absolute atomic E-state index is 4.52. The molecule has 0 amide bonds. The molecule has 4 heteroatoms.